The number of nitrogens with two attached hydrogens (primary N) is 1. The molecule has 0 saturated heterocycles. The number of aromatic nitrogens is 1. The maximum absolute atomic E-state index is 13.5. The van der Waals surface area contributed by atoms with Crippen LogP contribution in [-0.4, -0.2) is 34.1 Å². The van der Waals surface area contributed by atoms with Crippen LogP contribution in [0.1, 0.15) is 58.4 Å². The maximum Gasteiger partial charge on any atom is 0.294 e. The minimum absolute atomic E-state index is 0.0255. The highest BCUT2D eigenvalue weighted by atomic mass is 19.1. The summed E-state index contributed by atoms with van der Waals surface area (Å²) in [4.78, 5) is 50.3. The number of hydrogen-bond acceptors (Lipinski definition) is 4. The Labute approximate surface area is 186 Å². The van der Waals surface area contributed by atoms with Gasteiger partial charge in [-0.25, -0.2) is 4.39 Å². The molecule has 8 nitrogen and oxygen atoms in total. The Bertz CT molecular complexity index is 1110. The molecule has 0 fully saturated rings. The van der Waals surface area contributed by atoms with E-state index in [2.05, 4.69) is 10.6 Å². The number of nitrogens with zero attached hydrogens (tertiary/aromatic N) is 1. The van der Waals surface area contributed by atoms with Crippen molar-refractivity contribution >= 4 is 29.2 Å². The fourth-order valence-electron chi connectivity index (χ4n) is 3.57. The van der Waals surface area contributed by atoms with Gasteiger partial charge in [-0.15, -0.1) is 0 Å². The first-order valence-electron chi connectivity index (χ1n) is 10.0. The fraction of sp³-hybridized carbons (Fsp3) is 0.391. The van der Waals surface area contributed by atoms with Gasteiger partial charge >= 0.3 is 0 Å². The molecular weight excluding hydrogens is 415 g/mol. The predicted molar refractivity (Wildman–Crippen MR) is 119 cm³/mol. The van der Waals surface area contributed by atoms with Crippen LogP contribution in [0.15, 0.2) is 18.2 Å². The van der Waals surface area contributed by atoms with Crippen molar-refractivity contribution in [3.8, 4) is 0 Å². The Kier molecular flexibility index (Phi) is 6.92. The third-order valence-corrected chi connectivity index (χ3v) is 5.42. The van der Waals surface area contributed by atoms with Gasteiger partial charge in [0.15, 0.2) is 0 Å². The lowest BCUT2D eigenvalue weighted by Gasteiger charge is -2.28. The van der Waals surface area contributed by atoms with Crippen LogP contribution in [0.2, 0.25) is 0 Å². The number of ketones is 1. The minimum Gasteiger partial charge on any atom is -0.368 e. The second-order valence-electron chi connectivity index (χ2n) is 8.92. The van der Waals surface area contributed by atoms with Crippen LogP contribution in [-0.2, 0) is 16.6 Å². The molecule has 1 heterocycles. The minimum atomic E-state index is -1.05. The largest absolute Gasteiger partial charge is 0.368 e. The molecule has 1 unspecified atom stereocenters. The summed E-state index contributed by atoms with van der Waals surface area (Å²) in [5.74, 6) is -3.52. The van der Waals surface area contributed by atoms with Crippen molar-refractivity contribution in [2.24, 2.45) is 18.2 Å². The lowest BCUT2D eigenvalue weighted by molar-refractivity contribution is -0.127. The van der Waals surface area contributed by atoms with Crippen LogP contribution in [0.5, 0.6) is 0 Å². The van der Waals surface area contributed by atoms with Crippen LogP contribution >= 0.6 is 0 Å². The summed E-state index contributed by atoms with van der Waals surface area (Å²) in [7, 11) is 1.57. The van der Waals surface area contributed by atoms with E-state index in [0.717, 1.165) is 0 Å². The second kappa shape index (κ2) is 8.94. The number of rotatable bonds is 6. The van der Waals surface area contributed by atoms with Crippen LogP contribution in [0.3, 0.4) is 0 Å². The molecule has 4 N–H and O–H groups in total. The van der Waals surface area contributed by atoms with Crippen molar-refractivity contribution in [1.82, 2.24) is 9.88 Å². The van der Waals surface area contributed by atoms with Crippen molar-refractivity contribution in [2.75, 3.05) is 5.32 Å². The van der Waals surface area contributed by atoms with Crippen LogP contribution in [0, 0.1) is 32.0 Å². The average molecular weight is 445 g/mol. The molecule has 0 bridgehead atoms. The number of carbonyl (C=O) groups is 4. The van der Waals surface area contributed by atoms with Crippen LogP contribution in [0.25, 0.3) is 0 Å². The third kappa shape index (κ3) is 4.87. The number of amides is 3. The van der Waals surface area contributed by atoms with Gasteiger partial charge in [-0.05, 0) is 55.5 Å². The molecule has 0 radical (unpaired) electrons. The number of benzene rings is 1. The summed E-state index contributed by atoms with van der Waals surface area (Å²) in [6.45, 7) is 9.93. The number of Topliss-reactive ketones (excluding diaryl/α,β-unsaturated/α-hetero) is 1. The van der Waals surface area contributed by atoms with E-state index in [-0.39, 0.29) is 11.3 Å². The van der Waals surface area contributed by atoms with Gasteiger partial charge in [0.2, 0.25) is 5.91 Å². The number of carbonyl (C=O) groups excluding carboxylic acids is 4. The summed E-state index contributed by atoms with van der Waals surface area (Å²) in [5.41, 5.74) is 6.50. The molecule has 0 aliphatic rings. The molecule has 2 rings (SSSR count). The van der Waals surface area contributed by atoms with Crippen LogP contribution < -0.4 is 16.4 Å². The smallest absolute Gasteiger partial charge is 0.294 e. The van der Waals surface area contributed by atoms with Gasteiger partial charge < -0.3 is 20.9 Å². The standard InChI is InChI=1S/C23H29FN4O4/c1-11-10-14(8-9-15(11)24)26-21(31)16-12(2)17(28(7)13(16)3)18(29)22(32)27-19(20(25)30)23(4,5)6/h8-10,19H,1-7H3,(H2,25,30)(H,26,31)(H,27,32). The summed E-state index contributed by atoms with van der Waals surface area (Å²) in [6, 6.07) is 3.13. The van der Waals surface area contributed by atoms with E-state index >= 15 is 0 Å². The first-order chi connectivity index (χ1) is 14.7. The van der Waals surface area contributed by atoms with E-state index in [1.165, 1.54) is 22.8 Å². The quantitative estimate of drug-likeness (QED) is 0.468. The first kappa shape index (κ1) is 24.8. The van der Waals surface area contributed by atoms with E-state index in [1.54, 1.807) is 48.6 Å². The van der Waals surface area contributed by atoms with Crippen molar-refractivity contribution in [2.45, 2.75) is 47.6 Å². The Morgan fingerprint density at radius 3 is 2.19 bits per heavy atom. The van der Waals surface area contributed by atoms with Gasteiger partial charge in [-0.1, -0.05) is 20.8 Å². The van der Waals surface area contributed by atoms with E-state index in [4.69, 9.17) is 5.73 Å². The molecule has 0 aliphatic carbocycles. The predicted octanol–water partition coefficient (Wildman–Crippen LogP) is 2.54. The normalized spacial score (nSPS) is 12.2. The molecular formula is C23H29FN4O4. The first-order valence-corrected chi connectivity index (χ1v) is 10.0. The zero-order valence-corrected chi connectivity index (χ0v) is 19.3. The molecule has 3 amide bonds. The lowest BCUT2D eigenvalue weighted by Crippen LogP contribution is -2.53. The topological polar surface area (TPSA) is 123 Å². The van der Waals surface area contributed by atoms with Crippen molar-refractivity contribution < 1.29 is 23.6 Å². The highest BCUT2D eigenvalue weighted by Crippen LogP contribution is 2.24. The lowest BCUT2D eigenvalue weighted by atomic mass is 9.86. The van der Waals surface area contributed by atoms with Crippen molar-refractivity contribution in [3.05, 3.63) is 52.1 Å². The van der Waals surface area contributed by atoms with E-state index in [1.807, 2.05) is 0 Å². The summed E-state index contributed by atoms with van der Waals surface area (Å²) < 4.78 is 15.0. The van der Waals surface area contributed by atoms with E-state index in [0.29, 0.717) is 22.5 Å². The number of hydrogen-bond donors (Lipinski definition) is 3. The zero-order valence-electron chi connectivity index (χ0n) is 19.3. The Morgan fingerprint density at radius 2 is 1.69 bits per heavy atom. The number of anilines is 1. The molecule has 1 aromatic carbocycles. The molecule has 0 saturated carbocycles. The zero-order chi connectivity index (χ0) is 24.5. The van der Waals surface area contributed by atoms with Gasteiger partial charge in [0.1, 0.15) is 11.9 Å². The molecule has 172 valence electrons. The molecule has 1 atom stereocenters. The number of aryl methyl sites for hydroxylation is 1. The van der Waals surface area contributed by atoms with Crippen molar-refractivity contribution in [1.29, 1.82) is 0 Å². The van der Waals surface area contributed by atoms with E-state index in [9.17, 15) is 23.6 Å². The molecule has 0 spiro atoms. The highest BCUT2D eigenvalue weighted by molar-refractivity contribution is 6.43. The molecule has 1 aromatic heterocycles. The van der Waals surface area contributed by atoms with Gasteiger partial charge in [0.05, 0.1) is 11.3 Å². The highest BCUT2D eigenvalue weighted by Gasteiger charge is 2.35. The van der Waals surface area contributed by atoms with Gasteiger partial charge in [0, 0.05) is 18.4 Å². The maximum atomic E-state index is 13.5. The molecule has 0 aliphatic heterocycles. The Morgan fingerprint density at radius 1 is 1.09 bits per heavy atom. The Balaban J connectivity index is 2.36. The van der Waals surface area contributed by atoms with Gasteiger partial charge in [-0.2, -0.15) is 0 Å². The summed E-state index contributed by atoms with van der Waals surface area (Å²) >= 11 is 0. The number of halogens is 1. The number of primary amides is 1. The SMILES string of the molecule is Cc1cc(NC(=O)c2c(C)c(C(=O)C(=O)NC(C(N)=O)C(C)(C)C)n(C)c2C)ccc1F. The average Bonchev–Trinajstić information content (AvgIpc) is 2.89. The van der Waals surface area contributed by atoms with E-state index < -0.39 is 40.8 Å². The fourth-order valence-corrected chi connectivity index (χ4v) is 3.57. The molecule has 2 aromatic rings. The van der Waals surface area contributed by atoms with Crippen molar-refractivity contribution in [3.63, 3.8) is 0 Å². The second-order valence-corrected chi connectivity index (χ2v) is 8.92. The summed E-state index contributed by atoms with van der Waals surface area (Å²) in [6.07, 6.45) is 0. The molecule has 32 heavy (non-hydrogen) atoms. The van der Waals surface area contributed by atoms with Crippen LogP contribution in [0.4, 0.5) is 10.1 Å². The van der Waals surface area contributed by atoms with Gasteiger partial charge in [-0.3, -0.25) is 19.2 Å². The summed E-state index contributed by atoms with van der Waals surface area (Å²) in [5, 5.41) is 5.10. The number of nitrogens with one attached hydrogen (secondary N) is 2. The molecule has 9 heteroatoms. The van der Waals surface area contributed by atoms with Gasteiger partial charge in [0.25, 0.3) is 17.6 Å². The Hall–Kier alpha value is -3.49. The monoisotopic (exact) mass is 444 g/mol. The third-order valence-electron chi connectivity index (χ3n) is 5.42.